The fourth-order valence-electron chi connectivity index (χ4n) is 11.1. The van der Waals surface area contributed by atoms with Crippen molar-refractivity contribution in [1.82, 2.24) is 5.32 Å². The molecule has 0 spiro atoms. The Balaban J connectivity index is 2.14. The third kappa shape index (κ3) is 49.8. The van der Waals surface area contributed by atoms with Crippen LogP contribution < -0.4 is 5.32 Å². The molecule has 0 radical (unpaired) electrons. The smallest absolute Gasteiger partial charge is 0.220 e. The van der Waals surface area contributed by atoms with Gasteiger partial charge in [-0.3, -0.25) is 4.79 Å². The van der Waals surface area contributed by atoms with Crippen LogP contribution in [0.5, 0.6) is 0 Å². The third-order valence-electron chi connectivity index (χ3n) is 16.5. The number of unbranched alkanes of at least 4 members (excludes halogenated alkanes) is 41. The minimum Gasteiger partial charge on any atom is -0.394 e. The van der Waals surface area contributed by atoms with Crippen LogP contribution in [0, 0.1) is 0 Å². The van der Waals surface area contributed by atoms with Gasteiger partial charge in [0.05, 0.1) is 25.4 Å². The van der Waals surface area contributed by atoms with Crippen molar-refractivity contribution in [2.24, 2.45) is 0 Å². The van der Waals surface area contributed by atoms with Crippen LogP contribution >= 0.6 is 0 Å². The Kier molecular flexibility index (Phi) is 58.4. The van der Waals surface area contributed by atoms with Crippen LogP contribution in [0.2, 0.25) is 0 Å². The first-order valence-electron chi connectivity index (χ1n) is 35.2. The molecule has 0 aromatic carbocycles. The third-order valence-corrected chi connectivity index (χ3v) is 16.5. The standard InChI is InChI=1S/C73H133NO8/c1-3-5-7-9-11-13-15-17-19-21-23-25-27-29-31-33-35-36-38-40-42-44-46-48-50-52-54-56-58-60-62-67(76)66(65-81-73-72(80)71(79)70(78)68(64-75)82-73)74-69(77)63-61-59-57-55-53-51-49-47-45-43-41-39-37-34-32-30-28-26-24-22-20-18-16-14-12-10-8-6-4-2/h6,8,12,14,18,20,24,26,30,32,60,62,66-68,70-73,75-76,78-80H,3-5,7,9-11,13,15-17,19,21-23,25,27-29,31,33-59,61,63-65H2,1-2H3,(H,74,77)/b8-6-,14-12-,20-18-,26-24-,32-30-,62-60+. The van der Waals surface area contributed by atoms with Gasteiger partial charge in [0.15, 0.2) is 6.29 Å². The summed E-state index contributed by atoms with van der Waals surface area (Å²) in [7, 11) is 0. The molecule has 1 saturated heterocycles. The summed E-state index contributed by atoms with van der Waals surface area (Å²) in [6, 6.07) is -0.811. The number of carbonyl (C=O) groups is 1. The molecule has 0 aliphatic carbocycles. The van der Waals surface area contributed by atoms with Crippen LogP contribution in [-0.4, -0.2) is 87.5 Å². The number of nitrogens with one attached hydrogen (secondary N) is 1. The SMILES string of the molecule is CC/C=C\C/C=C\C/C=C\C/C=C\C/C=C\CCCCCCCCCCCCCCCC(=O)NC(COC1OC(CO)C(O)C(O)C1O)C(O)/C=C/CCCCCCCCCCCCCCCCCCCCCCCCCCCCCC. The number of hydrogen-bond acceptors (Lipinski definition) is 8. The predicted molar refractivity (Wildman–Crippen MR) is 350 cm³/mol. The highest BCUT2D eigenvalue weighted by Gasteiger charge is 2.44. The lowest BCUT2D eigenvalue weighted by Gasteiger charge is -2.40. The van der Waals surface area contributed by atoms with Gasteiger partial charge in [-0.05, 0) is 64.2 Å². The van der Waals surface area contributed by atoms with Crippen LogP contribution in [0.25, 0.3) is 0 Å². The molecule has 9 heteroatoms. The van der Waals surface area contributed by atoms with Crippen LogP contribution in [0.3, 0.4) is 0 Å². The Labute approximate surface area is 506 Å². The maximum Gasteiger partial charge on any atom is 0.220 e. The van der Waals surface area contributed by atoms with Crippen molar-refractivity contribution in [3.63, 3.8) is 0 Å². The first kappa shape index (κ1) is 77.6. The van der Waals surface area contributed by atoms with Crippen LogP contribution in [0.4, 0.5) is 0 Å². The van der Waals surface area contributed by atoms with Crippen molar-refractivity contribution < 1.29 is 39.8 Å². The van der Waals surface area contributed by atoms with Crippen molar-refractivity contribution in [2.75, 3.05) is 13.2 Å². The van der Waals surface area contributed by atoms with Gasteiger partial charge >= 0.3 is 0 Å². The Hall–Kier alpha value is -2.37. The average Bonchev–Trinajstić information content (AvgIpc) is 3.57. The van der Waals surface area contributed by atoms with E-state index in [-0.39, 0.29) is 12.5 Å². The van der Waals surface area contributed by atoms with Gasteiger partial charge in [-0.2, -0.15) is 0 Å². The summed E-state index contributed by atoms with van der Waals surface area (Å²) in [4.78, 5) is 13.1. The van der Waals surface area contributed by atoms with E-state index in [1.54, 1.807) is 6.08 Å². The van der Waals surface area contributed by atoms with Crippen molar-refractivity contribution in [3.8, 4) is 0 Å². The molecule has 0 aromatic rings. The van der Waals surface area contributed by atoms with E-state index in [1.807, 2.05) is 6.08 Å². The summed E-state index contributed by atoms with van der Waals surface area (Å²) in [6.07, 6.45) is 80.0. The molecule has 1 heterocycles. The molecule has 82 heavy (non-hydrogen) atoms. The molecule has 1 aliphatic rings. The molecule has 7 atom stereocenters. The quantitative estimate of drug-likeness (QED) is 0.0261. The maximum atomic E-state index is 13.1. The molecule has 7 unspecified atom stereocenters. The van der Waals surface area contributed by atoms with Gasteiger partial charge in [0, 0.05) is 6.42 Å². The minimum atomic E-state index is -1.57. The second kappa shape index (κ2) is 61.7. The largest absolute Gasteiger partial charge is 0.394 e. The van der Waals surface area contributed by atoms with Crippen LogP contribution in [-0.2, 0) is 14.3 Å². The fourth-order valence-corrected chi connectivity index (χ4v) is 11.1. The number of aliphatic hydroxyl groups excluding tert-OH is 5. The molecule has 1 amide bonds. The summed E-state index contributed by atoms with van der Waals surface area (Å²) >= 11 is 0. The number of hydrogen-bond donors (Lipinski definition) is 6. The second-order valence-electron chi connectivity index (χ2n) is 24.3. The first-order chi connectivity index (χ1) is 40.3. The zero-order chi connectivity index (χ0) is 59.3. The van der Waals surface area contributed by atoms with E-state index in [1.165, 1.54) is 238 Å². The van der Waals surface area contributed by atoms with Gasteiger partial charge in [-0.1, -0.05) is 331 Å². The topological polar surface area (TPSA) is 149 Å². The Morgan fingerprint density at radius 3 is 1.12 bits per heavy atom. The van der Waals surface area contributed by atoms with E-state index in [4.69, 9.17) is 9.47 Å². The molecular formula is C73H133NO8. The maximum absolute atomic E-state index is 13.1. The van der Waals surface area contributed by atoms with Crippen molar-refractivity contribution in [3.05, 3.63) is 72.9 Å². The van der Waals surface area contributed by atoms with Gasteiger partial charge in [0.25, 0.3) is 0 Å². The lowest BCUT2D eigenvalue weighted by Crippen LogP contribution is -2.60. The van der Waals surface area contributed by atoms with E-state index in [0.717, 1.165) is 70.6 Å². The lowest BCUT2D eigenvalue weighted by atomic mass is 9.99. The Morgan fingerprint density at radius 2 is 0.756 bits per heavy atom. The number of aliphatic hydroxyl groups is 5. The molecule has 0 bridgehead atoms. The number of ether oxygens (including phenoxy) is 2. The summed E-state index contributed by atoms with van der Waals surface area (Å²) in [6.45, 7) is 3.71. The number of rotatable bonds is 61. The summed E-state index contributed by atoms with van der Waals surface area (Å²) < 4.78 is 11.3. The normalized spacial score (nSPS) is 18.7. The zero-order valence-electron chi connectivity index (χ0n) is 53.5. The molecule has 1 fully saturated rings. The molecule has 478 valence electrons. The molecular weight excluding hydrogens is 1020 g/mol. The van der Waals surface area contributed by atoms with Gasteiger partial charge in [-0.25, -0.2) is 0 Å². The number of allylic oxidation sites excluding steroid dienone is 11. The van der Waals surface area contributed by atoms with E-state index in [0.29, 0.717) is 6.42 Å². The van der Waals surface area contributed by atoms with E-state index >= 15 is 0 Å². The summed E-state index contributed by atoms with van der Waals surface area (Å²) in [5.41, 5.74) is 0. The Bertz CT molecular complexity index is 1520. The average molecular weight is 1150 g/mol. The highest BCUT2D eigenvalue weighted by Crippen LogP contribution is 2.23. The lowest BCUT2D eigenvalue weighted by molar-refractivity contribution is -0.302. The molecule has 1 aliphatic heterocycles. The molecule has 6 N–H and O–H groups in total. The van der Waals surface area contributed by atoms with Gasteiger partial charge < -0.3 is 40.3 Å². The number of amides is 1. The van der Waals surface area contributed by atoms with E-state index < -0.39 is 49.5 Å². The van der Waals surface area contributed by atoms with E-state index in [9.17, 15) is 30.3 Å². The molecule has 9 nitrogen and oxygen atoms in total. The minimum absolute atomic E-state index is 0.176. The summed E-state index contributed by atoms with van der Waals surface area (Å²) in [5, 5.41) is 54.8. The van der Waals surface area contributed by atoms with Gasteiger partial charge in [0.1, 0.15) is 24.4 Å². The highest BCUT2D eigenvalue weighted by molar-refractivity contribution is 5.76. The monoisotopic (exact) mass is 1150 g/mol. The van der Waals surface area contributed by atoms with Crippen LogP contribution in [0.1, 0.15) is 328 Å². The molecule has 1 rings (SSSR count). The second-order valence-corrected chi connectivity index (χ2v) is 24.3. The zero-order valence-corrected chi connectivity index (χ0v) is 53.5. The molecule has 0 saturated carbocycles. The Morgan fingerprint density at radius 1 is 0.427 bits per heavy atom. The van der Waals surface area contributed by atoms with Crippen molar-refractivity contribution in [2.45, 2.75) is 371 Å². The predicted octanol–water partition coefficient (Wildman–Crippen LogP) is 19.1. The molecule has 0 aromatic heterocycles. The van der Waals surface area contributed by atoms with Gasteiger partial charge in [0.2, 0.25) is 5.91 Å². The van der Waals surface area contributed by atoms with Crippen molar-refractivity contribution in [1.29, 1.82) is 0 Å². The number of carbonyl (C=O) groups excluding carboxylic acids is 1. The fraction of sp³-hybridized carbons (Fsp3) is 0.822. The highest BCUT2D eigenvalue weighted by atomic mass is 16.7. The van der Waals surface area contributed by atoms with Crippen LogP contribution in [0.15, 0.2) is 72.9 Å². The first-order valence-corrected chi connectivity index (χ1v) is 35.2. The van der Waals surface area contributed by atoms with Gasteiger partial charge in [-0.15, -0.1) is 0 Å². The summed E-state index contributed by atoms with van der Waals surface area (Å²) in [5.74, 6) is -0.176. The van der Waals surface area contributed by atoms with E-state index in [2.05, 4.69) is 79.9 Å². The van der Waals surface area contributed by atoms with Crippen molar-refractivity contribution >= 4 is 5.91 Å².